The Balaban J connectivity index is 2.54. The molecule has 2 aromatic carbocycles. The highest BCUT2D eigenvalue weighted by atomic mass is 32.8. The minimum atomic E-state index is -0.702. The summed E-state index contributed by atoms with van der Waals surface area (Å²) in [5.74, 6) is 0.316. The van der Waals surface area contributed by atoms with E-state index in [2.05, 4.69) is 13.8 Å². The van der Waals surface area contributed by atoms with Crippen LogP contribution < -0.4 is 0 Å². The molecule has 0 bridgehead atoms. The molecule has 2 nitrogen and oxygen atoms in total. The summed E-state index contributed by atoms with van der Waals surface area (Å²) in [5.41, 5.74) is 1.54. The zero-order chi connectivity index (χ0) is 13.3. The Morgan fingerprint density at radius 2 is 1.22 bits per heavy atom. The Morgan fingerprint density at radius 1 is 0.833 bits per heavy atom. The van der Waals surface area contributed by atoms with E-state index in [4.69, 9.17) is 11.2 Å². The number of rotatable bonds is 2. The molecule has 2 aromatic rings. The molecule has 0 saturated carbocycles. The SMILES string of the molecule is [CH2]c1ccc(O)cc1S(=S)c1cc(O)ccc1[CH2]. The van der Waals surface area contributed by atoms with Gasteiger partial charge in [0.1, 0.15) is 11.5 Å². The normalized spacial score (nSPS) is 10.8. The number of benzene rings is 2. The maximum atomic E-state index is 9.52. The fourth-order valence-corrected chi connectivity index (χ4v) is 3.79. The van der Waals surface area contributed by atoms with Crippen molar-refractivity contribution < 1.29 is 10.2 Å². The minimum absolute atomic E-state index is 0.158. The van der Waals surface area contributed by atoms with E-state index in [0.29, 0.717) is 0 Å². The first-order chi connectivity index (χ1) is 8.49. The van der Waals surface area contributed by atoms with E-state index in [0.717, 1.165) is 20.9 Å². The van der Waals surface area contributed by atoms with Gasteiger partial charge < -0.3 is 10.2 Å². The first-order valence-corrected chi connectivity index (χ1v) is 7.36. The van der Waals surface area contributed by atoms with Gasteiger partial charge in [0.2, 0.25) is 0 Å². The monoisotopic (exact) mass is 276 g/mol. The highest BCUT2D eigenvalue weighted by molar-refractivity contribution is 8.29. The zero-order valence-corrected chi connectivity index (χ0v) is 11.2. The van der Waals surface area contributed by atoms with Gasteiger partial charge in [-0.25, -0.2) is 0 Å². The Bertz CT molecular complexity index is 568. The van der Waals surface area contributed by atoms with Crippen molar-refractivity contribution in [1.29, 1.82) is 0 Å². The van der Waals surface area contributed by atoms with Gasteiger partial charge in [0.15, 0.2) is 0 Å². The molecule has 2 radical (unpaired) electrons. The second-order valence-electron chi connectivity index (χ2n) is 3.85. The summed E-state index contributed by atoms with van der Waals surface area (Å²) in [7, 11) is -0.702. The summed E-state index contributed by atoms with van der Waals surface area (Å²) in [6.07, 6.45) is 0. The number of phenols is 2. The van der Waals surface area contributed by atoms with Crippen LogP contribution in [-0.2, 0) is 20.6 Å². The number of hydrogen-bond acceptors (Lipinski definition) is 3. The smallest absolute Gasteiger partial charge is 0.116 e. The molecule has 0 saturated heterocycles. The van der Waals surface area contributed by atoms with Gasteiger partial charge in [0.05, 0.1) is 0 Å². The third-order valence-corrected chi connectivity index (χ3v) is 5.14. The molecule has 2 rings (SSSR count). The maximum Gasteiger partial charge on any atom is 0.116 e. The zero-order valence-electron chi connectivity index (χ0n) is 9.59. The van der Waals surface area contributed by atoms with Crippen LogP contribution in [0.5, 0.6) is 11.5 Å². The molecule has 0 atom stereocenters. The van der Waals surface area contributed by atoms with Crippen LogP contribution in [0.4, 0.5) is 0 Å². The Labute approximate surface area is 114 Å². The van der Waals surface area contributed by atoms with Gasteiger partial charge in [0, 0.05) is 9.79 Å². The molecule has 0 spiro atoms. The maximum absolute atomic E-state index is 9.52. The average Bonchev–Trinajstić information content (AvgIpc) is 2.34. The van der Waals surface area contributed by atoms with Crippen molar-refractivity contribution >= 4 is 20.6 Å². The number of hydrogen-bond donors (Lipinski definition) is 2. The third kappa shape index (κ3) is 2.54. The van der Waals surface area contributed by atoms with Gasteiger partial charge in [0.25, 0.3) is 0 Å². The fourth-order valence-electron chi connectivity index (χ4n) is 1.55. The third-order valence-electron chi connectivity index (χ3n) is 2.50. The van der Waals surface area contributed by atoms with E-state index in [1.165, 1.54) is 0 Å². The van der Waals surface area contributed by atoms with Gasteiger partial charge in [-0.05, 0) is 60.4 Å². The molecule has 0 aliphatic carbocycles. The van der Waals surface area contributed by atoms with Gasteiger partial charge in [-0.3, -0.25) is 0 Å². The summed E-state index contributed by atoms with van der Waals surface area (Å²) < 4.78 is 0. The molecule has 2 N–H and O–H groups in total. The van der Waals surface area contributed by atoms with E-state index < -0.39 is 9.45 Å². The van der Waals surface area contributed by atoms with Crippen LogP contribution in [0.1, 0.15) is 11.1 Å². The van der Waals surface area contributed by atoms with Crippen molar-refractivity contribution in [2.75, 3.05) is 0 Å². The molecular weight excluding hydrogens is 264 g/mol. The Morgan fingerprint density at radius 3 is 1.61 bits per heavy atom. The summed E-state index contributed by atoms with van der Waals surface area (Å²) in [6.45, 7) is 7.81. The molecule has 0 unspecified atom stereocenters. The lowest BCUT2D eigenvalue weighted by molar-refractivity contribution is 0.473. The van der Waals surface area contributed by atoms with Crippen molar-refractivity contribution in [2.45, 2.75) is 9.79 Å². The Hall–Kier alpha value is -1.39. The molecule has 0 aromatic heterocycles. The lowest BCUT2D eigenvalue weighted by Gasteiger charge is -2.12. The van der Waals surface area contributed by atoms with E-state index in [9.17, 15) is 10.2 Å². The van der Waals surface area contributed by atoms with Crippen LogP contribution in [0.3, 0.4) is 0 Å². The molecule has 18 heavy (non-hydrogen) atoms. The highest BCUT2D eigenvalue weighted by Crippen LogP contribution is 2.28. The molecule has 4 heteroatoms. The topological polar surface area (TPSA) is 40.5 Å². The first-order valence-electron chi connectivity index (χ1n) is 5.21. The standard InChI is InChI=1S/C14H12O2S2/c1-9-3-5-11(15)7-13(9)18(17)14-8-12(16)6-4-10(14)2/h3-8,15-16H,1-2H2. The van der Waals surface area contributed by atoms with Crippen molar-refractivity contribution in [3.8, 4) is 11.5 Å². The van der Waals surface area contributed by atoms with Crippen molar-refractivity contribution in [1.82, 2.24) is 0 Å². The lowest BCUT2D eigenvalue weighted by atomic mass is 10.2. The van der Waals surface area contributed by atoms with Crippen LogP contribution in [0.15, 0.2) is 46.2 Å². The summed E-state index contributed by atoms with van der Waals surface area (Å²) in [5, 5.41) is 19.0. The molecule has 0 fully saturated rings. The second-order valence-corrected chi connectivity index (χ2v) is 6.27. The van der Waals surface area contributed by atoms with Gasteiger partial charge in [-0.1, -0.05) is 21.6 Å². The van der Waals surface area contributed by atoms with Gasteiger partial charge in [-0.2, -0.15) is 0 Å². The first kappa shape index (κ1) is 13.1. The van der Waals surface area contributed by atoms with E-state index >= 15 is 0 Å². The second kappa shape index (κ2) is 5.08. The average molecular weight is 276 g/mol. The van der Waals surface area contributed by atoms with Crippen molar-refractivity contribution in [3.05, 3.63) is 61.4 Å². The minimum Gasteiger partial charge on any atom is -0.508 e. The highest BCUT2D eigenvalue weighted by Gasteiger charge is 2.10. The van der Waals surface area contributed by atoms with Crippen LogP contribution in [-0.4, -0.2) is 10.2 Å². The van der Waals surface area contributed by atoms with E-state index in [1.54, 1.807) is 36.4 Å². The number of phenolic OH excluding ortho intramolecular Hbond substituents is 2. The molecule has 0 heterocycles. The lowest BCUT2D eigenvalue weighted by Crippen LogP contribution is -1.96. The number of aromatic hydroxyl groups is 2. The largest absolute Gasteiger partial charge is 0.508 e. The van der Waals surface area contributed by atoms with Crippen LogP contribution >= 0.6 is 0 Å². The molecule has 0 amide bonds. The summed E-state index contributed by atoms with van der Waals surface area (Å²) in [4.78, 5) is 1.56. The van der Waals surface area contributed by atoms with E-state index in [1.807, 2.05) is 0 Å². The van der Waals surface area contributed by atoms with Gasteiger partial charge >= 0.3 is 0 Å². The predicted octanol–water partition coefficient (Wildman–Crippen LogP) is 2.96. The molecule has 0 aliphatic rings. The van der Waals surface area contributed by atoms with Crippen LogP contribution in [0.2, 0.25) is 0 Å². The Kier molecular flexibility index (Phi) is 3.68. The van der Waals surface area contributed by atoms with E-state index in [-0.39, 0.29) is 11.5 Å². The van der Waals surface area contributed by atoms with Gasteiger partial charge in [-0.15, -0.1) is 0 Å². The molecule has 0 aliphatic heterocycles. The molecule has 92 valence electrons. The fraction of sp³-hybridized carbons (Fsp3) is 0. The summed E-state index contributed by atoms with van der Waals surface area (Å²) in [6, 6.07) is 9.83. The quantitative estimate of drug-likeness (QED) is 0.886. The van der Waals surface area contributed by atoms with Crippen molar-refractivity contribution in [2.24, 2.45) is 0 Å². The van der Waals surface area contributed by atoms with Crippen LogP contribution in [0.25, 0.3) is 0 Å². The predicted molar refractivity (Wildman–Crippen MR) is 76.4 cm³/mol. The van der Waals surface area contributed by atoms with Crippen LogP contribution in [0, 0.1) is 13.8 Å². The van der Waals surface area contributed by atoms with Crippen molar-refractivity contribution in [3.63, 3.8) is 0 Å². The summed E-state index contributed by atoms with van der Waals surface area (Å²) >= 11 is 5.49. The molecular formula is C14H12O2S2.